The molecule has 36 heavy (non-hydrogen) atoms. The van der Waals surface area contributed by atoms with Crippen LogP contribution in [0, 0.1) is 5.92 Å². The number of hydrogen-bond acceptors (Lipinski definition) is 4. The van der Waals surface area contributed by atoms with Gasteiger partial charge in [0.2, 0.25) is 15.9 Å². The van der Waals surface area contributed by atoms with Gasteiger partial charge >= 0.3 is 0 Å². The Hall–Kier alpha value is -2.71. The quantitative estimate of drug-likeness (QED) is 0.380. The molecule has 0 spiro atoms. The summed E-state index contributed by atoms with van der Waals surface area (Å²) in [6.45, 7) is 0.0479. The normalized spacial score (nSPS) is 16.8. The van der Waals surface area contributed by atoms with Crippen LogP contribution >= 0.6 is 11.6 Å². The smallest absolute Gasteiger partial charge is 0.240 e. The van der Waals surface area contributed by atoms with Crippen LogP contribution in [-0.2, 0) is 32.4 Å². The molecule has 0 aliphatic heterocycles. The van der Waals surface area contributed by atoms with Gasteiger partial charge in [0.1, 0.15) is 0 Å². The largest absolute Gasteiger partial charge is 0.380 e. The molecule has 190 valence electrons. The van der Waals surface area contributed by atoms with Crippen LogP contribution in [0.3, 0.4) is 0 Å². The highest BCUT2D eigenvalue weighted by Crippen LogP contribution is 2.31. The molecule has 8 heteroatoms. The summed E-state index contributed by atoms with van der Waals surface area (Å²) in [4.78, 5) is 13.6. The Labute approximate surface area is 218 Å². The van der Waals surface area contributed by atoms with Gasteiger partial charge in [0.05, 0.1) is 17.0 Å². The molecule has 0 saturated heterocycles. The fraction of sp³-hybridized carbons (Fsp3) is 0.321. The number of ether oxygens (including phenoxy) is 1. The lowest BCUT2D eigenvalue weighted by atomic mass is 9.92. The molecule has 0 unspecified atom stereocenters. The Morgan fingerprint density at radius 1 is 1.03 bits per heavy atom. The second-order valence-electron chi connectivity index (χ2n) is 9.08. The Kier molecular flexibility index (Phi) is 8.80. The van der Waals surface area contributed by atoms with Crippen molar-refractivity contribution in [1.82, 2.24) is 10.0 Å². The van der Waals surface area contributed by atoms with Crippen molar-refractivity contribution in [3.8, 4) is 0 Å². The Bertz CT molecular complexity index is 1270. The van der Waals surface area contributed by atoms with E-state index in [0.29, 0.717) is 17.9 Å². The summed E-state index contributed by atoms with van der Waals surface area (Å²) in [7, 11) is -2.20. The summed E-state index contributed by atoms with van der Waals surface area (Å²) in [5.74, 6) is -0.437. The SMILES string of the molecule is CO[C@H](CNS(=O)(=O)c1ccc(Cl)cc1)C[C@@H](Cc1ccccc1)C(=O)N[C@@H]1CCc2ccccc21. The summed E-state index contributed by atoms with van der Waals surface area (Å²) < 4.78 is 33.7. The first-order valence-corrected chi connectivity index (χ1v) is 13.9. The molecule has 0 fully saturated rings. The third-order valence-corrected chi connectivity index (χ3v) is 8.34. The summed E-state index contributed by atoms with van der Waals surface area (Å²) in [5, 5.41) is 3.70. The molecule has 3 aromatic rings. The molecule has 1 aliphatic carbocycles. The van der Waals surface area contributed by atoms with Gasteiger partial charge in [-0.3, -0.25) is 4.79 Å². The zero-order chi connectivity index (χ0) is 25.5. The highest BCUT2D eigenvalue weighted by atomic mass is 35.5. The average Bonchev–Trinajstić information content (AvgIpc) is 3.29. The molecule has 0 heterocycles. The predicted octanol–water partition coefficient (Wildman–Crippen LogP) is 4.69. The standard InChI is InChI=1S/C28H31ClN2O4S/c1-35-24(19-30-36(33,34)25-14-12-23(29)13-15-25)18-22(17-20-7-3-2-4-8-20)28(32)31-27-16-11-21-9-5-6-10-26(21)27/h2-10,12-15,22,24,27,30H,11,16-19H2,1H3,(H,31,32)/t22-,24+,27-/m1/s1. The minimum Gasteiger partial charge on any atom is -0.380 e. The van der Waals surface area contributed by atoms with Crippen LogP contribution < -0.4 is 10.0 Å². The van der Waals surface area contributed by atoms with Crippen LogP contribution in [0.5, 0.6) is 0 Å². The molecule has 0 bridgehead atoms. The number of carbonyl (C=O) groups excluding carboxylic acids is 1. The van der Waals surface area contributed by atoms with Crippen LogP contribution in [0.2, 0.25) is 5.02 Å². The van der Waals surface area contributed by atoms with Crippen molar-refractivity contribution < 1.29 is 17.9 Å². The van der Waals surface area contributed by atoms with Gasteiger partial charge < -0.3 is 10.1 Å². The van der Waals surface area contributed by atoms with E-state index >= 15 is 0 Å². The second-order valence-corrected chi connectivity index (χ2v) is 11.3. The second kappa shape index (κ2) is 12.0. The maximum absolute atomic E-state index is 13.5. The van der Waals surface area contributed by atoms with Crippen LogP contribution in [0.4, 0.5) is 0 Å². The highest BCUT2D eigenvalue weighted by molar-refractivity contribution is 7.89. The minimum atomic E-state index is -3.74. The maximum atomic E-state index is 13.5. The summed E-state index contributed by atoms with van der Waals surface area (Å²) in [5.41, 5.74) is 3.48. The third-order valence-electron chi connectivity index (χ3n) is 6.65. The van der Waals surface area contributed by atoms with Crippen molar-refractivity contribution in [3.63, 3.8) is 0 Å². The monoisotopic (exact) mass is 526 g/mol. The van der Waals surface area contributed by atoms with E-state index in [1.54, 1.807) is 0 Å². The first-order chi connectivity index (χ1) is 17.4. The van der Waals surface area contributed by atoms with Gasteiger partial charge in [-0.15, -0.1) is 0 Å². The van der Waals surface area contributed by atoms with E-state index in [-0.39, 0.29) is 29.3 Å². The fourth-order valence-electron chi connectivity index (χ4n) is 4.66. The molecule has 0 aromatic heterocycles. The maximum Gasteiger partial charge on any atom is 0.240 e. The van der Waals surface area contributed by atoms with Crippen LogP contribution in [-0.4, -0.2) is 34.1 Å². The van der Waals surface area contributed by atoms with Crippen molar-refractivity contribution in [3.05, 3.63) is 101 Å². The molecule has 1 amide bonds. The average molecular weight is 527 g/mol. The predicted molar refractivity (Wildman–Crippen MR) is 141 cm³/mol. The van der Waals surface area contributed by atoms with E-state index in [4.69, 9.17) is 16.3 Å². The highest BCUT2D eigenvalue weighted by Gasteiger charge is 2.29. The Morgan fingerprint density at radius 3 is 2.44 bits per heavy atom. The van der Waals surface area contributed by atoms with Crippen molar-refractivity contribution in [2.24, 2.45) is 5.92 Å². The molecule has 4 rings (SSSR count). The van der Waals surface area contributed by atoms with Crippen molar-refractivity contribution >= 4 is 27.5 Å². The number of nitrogens with one attached hydrogen (secondary N) is 2. The number of aryl methyl sites for hydroxylation is 1. The number of fused-ring (bicyclic) bond motifs is 1. The zero-order valence-electron chi connectivity index (χ0n) is 20.2. The van der Waals surface area contributed by atoms with E-state index in [2.05, 4.69) is 22.2 Å². The van der Waals surface area contributed by atoms with Crippen molar-refractivity contribution in [2.75, 3.05) is 13.7 Å². The Balaban J connectivity index is 1.45. The minimum absolute atomic E-state index is 0.0172. The number of sulfonamides is 1. The van der Waals surface area contributed by atoms with E-state index < -0.39 is 16.1 Å². The lowest BCUT2D eigenvalue weighted by Crippen LogP contribution is -2.39. The molecular formula is C28H31ClN2O4S. The Morgan fingerprint density at radius 2 is 1.72 bits per heavy atom. The van der Waals surface area contributed by atoms with E-state index in [9.17, 15) is 13.2 Å². The van der Waals surface area contributed by atoms with E-state index in [1.165, 1.54) is 42.5 Å². The zero-order valence-corrected chi connectivity index (χ0v) is 21.8. The number of hydrogen-bond donors (Lipinski definition) is 2. The van der Waals surface area contributed by atoms with Gasteiger partial charge in [-0.05, 0) is 66.6 Å². The van der Waals surface area contributed by atoms with Gasteiger partial charge in [-0.25, -0.2) is 13.1 Å². The van der Waals surface area contributed by atoms with Gasteiger partial charge in [0, 0.05) is 24.6 Å². The molecule has 6 nitrogen and oxygen atoms in total. The molecule has 0 radical (unpaired) electrons. The number of amides is 1. The first kappa shape index (κ1) is 26.4. The number of benzene rings is 3. The number of rotatable bonds is 11. The van der Waals surface area contributed by atoms with Gasteiger partial charge in [-0.1, -0.05) is 66.2 Å². The molecule has 1 aliphatic rings. The molecule has 3 atom stereocenters. The molecule has 3 aromatic carbocycles. The van der Waals surface area contributed by atoms with Gasteiger partial charge in [-0.2, -0.15) is 0 Å². The lowest BCUT2D eigenvalue weighted by Gasteiger charge is -2.25. The first-order valence-electron chi connectivity index (χ1n) is 12.1. The van der Waals surface area contributed by atoms with Crippen molar-refractivity contribution in [2.45, 2.75) is 42.7 Å². The molecular weight excluding hydrogens is 496 g/mol. The van der Waals surface area contributed by atoms with Crippen LogP contribution in [0.1, 0.15) is 35.6 Å². The topological polar surface area (TPSA) is 84.5 Å². The third kappa shape index (κ3) is 6.73. The van der Waals surface area contributed by atoms with Crippen LogP contribution in [0.15, 0.2) is 83.8 Å². The van der Waals surface area contributed by atoms with E-state index in [1.807, 2.05) is 42.5 Å². The fourth-order valence-corrected chi connectivity index (χ4v) is 5.85. The lowest BCUT2D eigenvalue weighted by molar-refractivity contribution is -0.127. The van der Waals surface area contributed by atoms with Gasteiger partial charge in [0.15, 0.2) is 0 Å². The molecule has 0 saturated carbocycles. The van der Waals surface area contributed by atoms with Crippen LogP contribution in [0.25, 0.3) is 0 Å². The summed E-state index contributed by atoms with van der Waals surface area (Å²) in [6.07, 6.45) is 2.23. The van der Waals surface area contributed by atoms with E-state index in [0.717, 1.165) is 18.4 Å². The number of halogens is 1. The van der Waals surface area contributed by atoms with Crippen molar-refractivity contribution in [1.29, 1.82) is 0 Å². The number of carbonyl (C=O) groups is 1. The summed E-state index contributed by atoms with van der Waals surface area (Å²) >= 11 is 5.88. The summed E-state index contributed by atoms with van der Waals surface area (Å²) in [6, 6.07) is 24.0. The van der Waals surface area contributed by atoms with Gasteiger partial charge in [0.25, 0.3) is 0 Å². The molecule has 2 N–H and O–H groups in total. The number of methoxy groups -OCH3 is 1.